The summed E-state index contributed by atoms with van der Waals surface area (Å²) in [4.78, 5) is 14.3. The van der Waals surface area contributed by atoms with Gasteiger partial charge in [0.2, 0.25) is 0 Å². The molecule has 0 radical (unpaired) electrons. The number of nitrogens with zero attached hydrogens (tertiary/aromatic N) is 1. The number of benzene rings is 1. The minimum atomic E-state index is 0. The number of piperidine rings is 1. The first kappa shape index (κ1) is 17.5. The standard InChI is InChI=1S/C15H21BrN2O.ClH/c1-17-8-5-12-6-9-18(10-7-12)15(19)13-3-2-4-14(16)11-13;/h2-4,11-12,17H,5-10H2,1H3;1H. The van der Waals surface area contributed by atoms with E-state index < -0.39 is 0 Å². The van der Waals surface area contributed by atoms with Crippen molar-refractivity contribution >= 4 is 34.2 Å². The van der Waals surface area contributed by atoms with E-state index in [-0.39, 0.29) is 18.3 Å². The lowest BCUT2D eigenvalue weighted by molar-refractivity contribution is 0.0687. The fourth-order valence-corrected chi connectivity index (χ4v) is 2.98. The van der Waals surface area contributed by atoms with Gasteiger partial charge in [-0.3, -0.25) is 4.79 Å². The second-order valence-electron chi connectivity index (χ2n) is 5.14. The third-order valence-corrected chi connectivity index (χ3v) is 4.27. The number of likely N-dealkylation sites (tertiary alicyclic amines) is 1. The molecule has 0 unspecified atom stereocenters. The minimum Gasteiger partial charge on any atom is -0.339 e. The van der Waals surface area contributed by atoms with Crippen LogP contribution >= 0.6 is 28.3 Å². The largest absolute Gasteiger partial charge is 0.339 e. The summed E-state index contributed by atoms with van der Waals surface area (Å²) < 4.78 is 0.960. The Balaban J connectivity index is 0.00000200. The van der Waals surface area contributed by atoms with E-state index in [1.165, 1.54) is 6.42 Å². The maximum Gasteiger partial charge on any atom is 0.253 e. The Morgan fingerprint density at radius 3 is 2.70 bits per heavy atom. The smallest absolute Gasteiger partial charge is 0.253 e. The topological polar surface area (TPSA) is 32.3 Å². The van der Waals surface area contributed by atoms with E-state index in [2.05, 4.69) is 21.2 Å². The summed E-state index contributed by atoms with van der Waals surface area (Å²) in [6.45, 7) is 2.85. The van der Waals surface area contributed by atoms with Crippen LogP contribution in [0.15, 0.2) is 28.7 Å². The number of carbonyl (C=O) groups excluding carboxylic acids is 1. The summed E-state index contributed by atoms with van der Waals surface area (Å²) in [5.41, 5.74) is 0.781. The van der Waals surface area contributed by atoms with Crippen molar-refractivity contribution in [3.05, 3.63) is 34.3 Å². The van der Waals surface area contributed by atoms with Gasteiger partial charge < -0.3 is 10.2 Å². The molecule has 1 fully saturated rings. The zero-order chi connectivity index (χ0) is 13.7. The highest BCUT2D eigenvalue weighted by Crippen LogP contribution is 2.22. The van der Waals surface area contributed by atoms with E-state index in [0.717, 1.165) is 48.4 Å². The highest BCUT2D eigenvalue weighted by molar-refractivity contribution is 9.10. The van der Waals surface area contributed by atoms with Gasteiger partial charge in [-0.05, 0) is 57.0 Å². The van der Waals surface area contributed by atoms with Gasteiger partial charge in [-0.15, -0.1) is 12.4 Å². The van der Waals surface area contributed by atoms with E-state index in [4.69, 9.17) is 0 Å². The van der Waals surface area contributed by atoms with Gasteiger partial charge in [-0.1, -0.05) is 22.0 Å². The summed E-state index contributed by atoms with van der Waals surface area (Å²) >= 11 is 3.41. The molecule has 0 aliphatic carbocycles. The molecule has 0 spiro atoms. The normalized spacial score (nSPS) is 15.8. The number of hydrogen-bond acceptors (Lipinski definition) is 2. The Labute approximate surface area is 135 Å². The molecule has 1 aliphatic heterocycles. The Kier molecular flexibility index (Phi) is 7.56. The summed E-state index contributed by atoms with van der Waals surface area (Å²) in [6, 6.07) is 7.65. The molecular formula is C15H22BrClN2O. The van der Waals surface area contributed by atoms with Crippen LogP contribution in [0.5, 0.6) is 0 Å². The van der Waals surface area contributed by atoms with Crippen LogP contribution in [0.3, 0.4) is 0 Å². The molecule has 1 aromatic rings. The van der Waals surface area contributed by atoms with E-state index in [9.17, 15) is 4.79 Å². The van der Waals surface area contributed by atoms with Crippen LogP contribution in [-0.4, -0.2) is 37.5 Å². The third-order valence-electron chi connectivity index (χ3n) is 3.78. The molecule has 3 nitrogen and oxygen atoms in total. The molecular weight excluding hydrogens is 340 g/mol. The molecule has 1 aliphatic rings. The lowest BCUT2D eigenvalue weighted by Crippen LogP contribution is -2.38. The predicted octanol–water partition coefficient (Wildman–Crippen LogP) is 3.33. The number of nitrogens with one attached hydrogen (secondary N) is 1. The fourth-order valence-electron chi connectivity index (χ4n) is 2.58. The van der Waals surface area contributed by atoms with Gasteiger partial charge in [0.1, 0.15) is 0 Å². The SMILES string of the molecule is CNCCC1CCN(C(=O)c2cccc(Br)c2)CC1.Cl. The molecule has 112 valence electrons. The highest BCUT2D eigenvalue weighted by atomic mass is 79.9. The molecule has 0 atom stereocenters. The number of hydrogen-bond donors (Lipinski definition) is 1. The van der Waals surface area contributed by atoms with E-state index in [0.29, 0.717) is 0 Å². The van der Waals surface area contributed by atoms with Crippen molar-refractivity contribution in [2.24, 2.45) is 5.92 Å². The number of rotatable bonds is 4. The van der Waals surface area contributed by atoms with Crippen molar-refractivity contribution < 1.29 is 4.79 Å². The van der Waals surface area contributed by atoms with Crippen LogP contribution in [0, 0.1) is 5.92 Å². The average molecular weight is 362 g/mol. The Morgan fingerprint density at radius 2 is 2.10 bits per heavy atom. The Bertz CT molecular complexity index is 434. The van der Waals surface area contributed by atoms with Crippen LogP contribution in [0.25, 0.3) is 0 Å². The predicted molar refractivity (Wildman–Crippen MR) is 88.6 cm³/mol. The zero-order valence-corrected chi connectivity index (χ0v) is 14.2. The van der Waals surface area contributed by atoms with Gasteiger partial charge in [-0.25, -0.2) is 0 Å². The second kappa shape index (κ2) is 8.65. The van der Waals surface area contributed by atoms with Crippen molar-refractivity contribution in [1.29, 1.82) is 0 Å². The maximum absolute atomic E-state index is 12.4. The summed E-state index contributed by atoms with van der Waals surface area (Å²) in [5.74, 6) is 0.923. The van der Waals surface area contributed by atoms with Crippen molar-refractivity contribution in [3.63, 3.8) is 0 Å². The quantitative estimate of drug-likeness (QED) is 0.892. The second-order valence-corrected chi connectivity index (χ2v) is 6.05. The Morgan fingerprint density at radius 1 is 1.40 bits per heavy atom. The van der Waals surface area contributed by atoms with Gasteiger partial charge in [0.15, 0.2) is 0 Å². The third kappa shape index (κ3) is 4.76. The molecule has 1 amide bonds. The van der Waals surface area contributed by atoms with Crippen LogP contribution in [0.1, 0.15) is 29.6 Å². The monoisotopic (exact) mass is 360 g/mol. The van der Waals surface area contributed by atoms with Crippen LogP contribution < -0.4 is 5.32 Å². The molecule has 0 saturated carbocycles. The lowest BCUT2D eigenvalue weighted by Gasteiger charge is -2.32. The summed E-state index contributed by atoms with van der Waals surface area (Å²) in [6.07, 6.45) is 3.47. The zero-order valence-electron chi connectivity index (χ0n) is 11.8. The lowest BCUT2D eigenvalue weighted by atomic mass is 9.93. The van der Waals surface area contributed by atoms with Crippen molar-refractivity contribution in [2.75, 3.05) is 26.7 Å². The minimum absolute atomic E-state index is 0. The molecule has 20 heavy (non-hydrogen) atoms. The first-order chi connectivity index (χ1) is 9.20. The highest BCUT2D eigenvalue weighted by Gasteiger charge is 2.23. The molecule has 1 aromatic carbocycles. The fraction of sp³-hybridized carbons (Fsp3) is 0.533. The molecule has 1 saturated heterocycles. The van der Waals surface area contributed by atoms with Gasteiger partial charge in [0.25, 0.3) is 5.91 Å². The average Bonchev–Trinajstić information content (AvgIpc) is 2.45. The van der Waals surface area contributed by atoms with Crippen molar-refractivity contribution in [3.8, 4) is 0 Å². The molecule has 0 bridgehead atoms. The van der Waals surface area contributed by atoms with Crippen LogP contribution in [0.2, 0.25) is 0 Å². The molecule has 5 heteroatoms. The first-order valence-corrected chi connectivity index (χ1v) is 7.69. The first-order valence-electron chi connectivity index (χ1n) is 6.90. The maximum atomic E-state index is 12.4. The number of halogens is 2. The van der Waals surface area contributed by atoms with Crippen LogP contribution in [-0.2, 0) is 0 Å². The van der Waals surface area contributed by atoms with Gasteiger partial charge in [0, 0.05) is 23.1 Å². The van der Waals surface area contributed by atoms with Crippen LogP contribution in [0.4, 0.5) is 0 Å². The number of carbonyl (C=O) groups is 1. The molecule has 0 aromatic heterocycles. The molecule has 1 heterocycles. The Hall–Kier alpha value is -0.580. The summed E-state index contributed by atoms with van der Waals surface area (Å²) in [7, 11) is 1.99. The number of amides is 1. The van der Waals surface area contributed by atoms with Crippen molar-refractivity contribution in [1.82, 2.24) is 10.2 Å². The van der Waals surface area contributed by atoms with E-state index in [1.54, 1.807) is 0 Å². The van der Waals surface area contributed by atoms with Gasteiger partial charge >= 0.3 is 0 Å². The summed E-state index contributed by atoms with van der Waals surface area (Å²) in [5, 5.41) is 3.20. The van der Waals surface area contributed by atoms with E-state index >= 15 is 0 Å². The van der Waals surface area contributed by atoms with Crippen molar-refractivity contribution in [2.45, 2.75) is 19.3 Å². The van der Waals surface area contributed by atoms with E-state index in [1.807, 2.05) is 36.2 Å². The van der Waals surface area contributed by atoms with Gasteiger partial charge in [-0.2, -0.15) is 0 Å². The molecule has 1 N–H and O–H groups in total. The van der Waals surface area contributed by atoms with Gasteiger partial charge in [0.05, 0.1) is 0 Å². The molecule has 2 rings (SSSR count).